The van der Waals surface area contributed by atoms with Crippen molar-refractivity contribution in [3.8, 4) is 0 Å². The fourth-order valence-corrected chi connectivity index (χ4v) is 1.38. The normalized spacial score (nSPS) is 11.3. The number of nitrogens with zero attached hydrogens (tertiary/aromatic N) is 3. The van der Waals surface area contributed by atoms with E-state index >= 15 is 0 Å². The van der Waals surface area contributed by atoms with Gasteiger partial charge in [-0.05, 0) is 18.2 Å². The molecule has 0 aliphatic carbocycles. The third-order valence-corrected chi connectivity index (χ3v) is 2.20. The van der Waals surface area contributed by atoms with Crippen LogP contribution in [-0.2, 0) is 17.5 Å². The zero-order valence-corrected chi connectivity index (χ0v) is 9.55. The average Bonchev–Trinajstić information content (AvgIpc) is 2.78. The number of alkyl halides is 3. The first-order chi connectivity index (χ1) is 8.95. The van der Waals surface area contributed by atoms with Crippen molar-refractivity contribution < 1.29 is 18.0 Å². The Hall–Kier alpha value is -2.38. The van der Waals surface area contributed by atoms with Crippen LogP contribution in [0.5, 0.6) is 0 Å². The fourth-order valence-electron chi connectivity index (χ4n) is 1.38. The van der Waals surface area contributed by atoms with E-state index in [1.165, 1.54) is 12.4 Å². The van der Waals surface area contributed by atoms with E-state index < -0.39 is 17.8 Å². The van der Waals surface area contributed by atoms with Crippen LogP contribution in [0.25, 0.3) is 0 Å². The summed E-state index contributed by atoms with van der Waals surface area (Å²) < 4.78 is 37.8. The Balaban J connectivity index is 1.98. The number of anilines is 1. The molecule has 0 saturated carbocycles. The number of hydrogen-bond acceptors (Lipinski definition) is 3. The topological polar surface area (TPSA) is 59.8 Å². The Morgan fingerprint density at radius 1 is 1.26 bits per heavy atom. The standard InChI is InChI=1S/C11H9F3N4O/c12-11(13,14)9-3-6-18(17-9)7-10(19)16-8-1-4-15-5-2-8/h1-6H,7H2,(H,15,16,19). The molecule has 2 heterocycles. The van der Waals surface area contributed by atoms with Gasteiger partial charge in [-0.3, -0.25) is 14.5 Å². The zero-order chi connectivity index (χ0) is 13.9. The summed E-state index contributed by atoms with van der Waals surface area (Å²) in [5.41, 5.74) is -0.507. The third kappa shape index (κ3) is 3.54. The quantitative estimate of drug-likeness (QED) is 0.927. The Morgan fingerprint density at radius 2 is 1.95 bits per heavy atom. The second kappa shape index (κ2) is 5.09. The van der Waals surface area contributed by atoms with Crippen LogP contribution in [0.15, 0.2) is 36.8 Å². The van der Waals surface area contributed by atoms with E-state index in [0.717, 1.165) is 16.9 Å². The first-order valence-corrected chi connectivity index (χ1v) is 5.26. The monoisotopic (exact) mass is 270 g/mol. The van der Waals surface area contributed by atoms with Gasteiger partial charge in [-0.2, -0.15) is 18.3 Å². The predicted octanol–water partition coefficient (Wildman–Crippen LogP) is 1.94. The lowest BCUT2D eigenvalue weighted by Crippen LogP contribution is -2.19. The minimum atomic E-state index is -4.51. The van der Waals surface area contributed by atoms with Crippen LogP contribution in [0.2, 0.25) is 0 Å². The molecule has 0 unspecified atom stereocenters. The molecule has 5 nitrogen and oxygen atoms in total. The lowest BCUT2D eigenvalue weighted by atomic mass is 10.4. The number of carbonyl (C=O) groups excluding carboxylic acids is 1. The van der Waals surface area contributed by atoms with Crippen LogP contribution in [0.3, 0.4) is 0 Å². The summed E-state index contributed by atoms with van der Waals surface area (Å²) in [5.74, 6) is -0.469. The van der Waals surface area contributed by atoms with Crippen molar-refractivity contribution in [3.05, 3.63) is 42.5 Å². The van der Waals surface area contributed by atoms with E-state index in [-0.39, 0.29) is 6.54 Å². The summed E-state index contributed by atoms with van der Waals surface area (Å²) in [5, 5.41) is 5.80. The van der Waals surface area contributed by atoms with Crippen LogP contribution < -0.4 is 5.32 Å². The molecule has 19 heavy (non-hydrogen) atoms. The summed E-state index contributed by atoms with van der Waals surface area (Å²) in [6.07, 6.45) is -0.418. The van der Waals surface area contributed by atoms with E-state index in [1.807, 2.05) is 0 Å². The summed E-state index contributed by atoms with van der Waals surface area (Å²) in [6, 6.07) is 3.96. The highest BCUT2D eigenvalue weighted by Gasteiger charge is 2.33. The molecular formula is C11H9F3N4O. The van der Waals surface area contributed by atoms with Crippen molar-refractivity contribution in [3.63, 3.8) is 0 Å². The SMILES string of the molecule is O=C(Cn1ccc(C(F)(F)F)n1)Nc1ccncc1. The van der Waals surface area contributed by atoms with Crippen molar-refractivity contribution in [2.24, 2.45) is 0 Å². The first kappa shape index (κ1) is 13.1. The molecule has 1 amide bonds. The van der Waals surface area contributed by atoms with Crippen molar-refractivity contribution in [2.75, 3.05) is 5.32 Å². The average molecular weight is 270 g/mol. The Kier molecular flexibility index (Phi) is 3.50. The minimum Gasteiger partial charge on any atom is -0.324 e. The maximum atomic E-state index is 12.3. The molecule has 0 aromatic carbocycles. The number of pyridine rings is 1. The molecule has 0 fully saturated rings. The lowest BCUT2D eigenvalue weighted by Gasteiger charge is -2.05. The molecule has 0 aliphatic rings. The molecular weight excluding hydrogens is 261 g/mol. The van der Waals surface area contributed by atoms with Crippen LogP contribution in [-0.4, -0.2) is 20.7 Å². The van der Waals surface area contributed by atoms with Gasteiger partial charge in [0.05, 0.1) is 0 Å². The molecule has 0 aliphatic heterocycles. The van der Waals surface area contributed by atoms with E-state index in [4.69, 9.17) is 0 Å². The highest BCUT2D eigenvalue weighted by Crippen LogP contribution is 2.27. The van der Waals surface area contributed by atoms with Gasteiger partial charge in [0, 0.05) is 24.3 Å². The summed E-state index contributed by atoms with van der Waals surface area (Å²) >= 11 is 0. The van der Waals surface area contributed by atoms with Crippen LogP contribution >= 0.6 is 0 Å². The number of aromatic nitrogens is 3. The maximum Gasteiger partial charge on any atom is 0.435 e. The van der Waals surface area contributed by atoms with E-state index in [2.05, 4.69) is 15.4 Å². The van der Waals surface area contributed by atoms with Gasteiger partial charge in [-0.15, -0.1) is 0 Å². The zero-order valence-electron chi connectivity index (χ0n) is 9.55. The van der Waals surface area contributed by atoms with Crippen molar-refractivity contribution in [2.45, 2.75) is 12.7 Å². The molecule has 2 aromatic rings. The van der Waals surface area contributed by atoms with Gasteiger partial charge in [0.1, 0.15) is 6.54 Å². The molecule has 100 valence electrons. The highest BCUT2D eigenvalue weighted by molar-refractivity contribution is 5.90. The Morgan fingerprint density at radius 3 is 2.53 bits per heavy atom. The molecule has 0 radical (unpaired) electrons. The van der Waals surface area contributed by atoms with E-state index in [1.54, 1.807) is 12.1 Å². The minimum absolute atomic E-state index is 0.293. The third-order valence-electron chi connectivity index (χ3n) is 2.20. The van der Waals surface area contributed by atoms with Gasteiger partial charge in [0.2, 0.25) is 5.91 Å². The van der Waals surface area contributed by atoms with E-state index in [0.29, 0.717) is 5.69 Å². The molecule has 1 N–H and O–H groups in total. The molecule has 2 rings (SSSR count). The number of nitrogens with one attached hydrogen (secondary N) is 1. The van der Waals surface area contributed by atoms with Gasteiger partial charge in [0.25, 0.3) is 0 Å². The molecule has 8 heteroatoms. The van der Waals surface area contributed by atoms with Gasteiger partial charge < -0.3 is 5.32 Å². The fraction of sp³-hybridized carbons (Fsp3) is 0.182. The van der Waals surface area contributed by atoms with Crippen LogP contribution in [0.1, 0.15) is 5.69 Å². The van der Waals surface area contributed by atoms with Gasteiger partial charge in [-0.1, -0.05) is 0 Å². The maximum absolute atomic E-state index is 12.3. The number of carbonyl (C=O) groups is 1. The smallest absolute Gasteiger partial charge is 0.324 e. The highest BCUT2D eigenvalue weighted by atomic mass is 19.4. The molecule has 0 bridgehead atoms. The van der Waals surface area contributed by atoms with E-state index in [9.17, 15) is 18.0 Å². The van der Waals surface area contributed by atoms with Gasteiger partial charge in [-0.25, -0.2) is 0 Å². The summed E-state index contributed by atoms with van der Waals surface area (Å²) in [4.78, 5) is 15.3. The summed E-state index contributed by atoms with van der Waals surface area (Å²) in [7, 11) is 0. The Bertz CT molecular complexity index is 565. The first-order valence-electron chi connectivity index (χ1n) is 5.26. The van der Waals surface area contributed by atoms with Crippen molar-refractivity contribution in [1.82, 2.24) is 14.8 Å². The molecule has 0 atom stereocenters. The van der Waals surface area contributed by atoms with Crippen LogP contribution in [0.4, 0.5) is 18.9 Å². The van der Waals surface area contributed by atoms with Gasteiger partial charge >= 0.3 is 6.18 Å². The second-order valence-corrected chi connectivity index (χ2v) is 3.68. The Labute approximate surface area is 106 Å². The number of rotatable bonds is 3. The van der Waals surface area contributed by atoms with Crippen molar-refractivity contribution >= 4 is 11.6 Å². The van der Waals surface area contributed by atoms with Gasteiger partial charge in [0.15, 0.2) is 5.69 Å². The molecule has 0 spiro atoms. The number of halogens is 3. The molecule has 0 saturated heterocycles. The largest absolute Gasteiger partial charge is 0.435 e. The second-order valence-electron chi connectivity index (χ2n) is 3.68. The number of amides is 1. The summed E-state index contributed by atoms with van der Waals surface area (Å²) in [6.45, 7) is -0.293. The number of hydrogen-bond donors (Lipinski definition) is 1. The lowest BCUT2D eigenvalue weighted by molar-refractivity contribution is -0.141. The van der Waals surface area contributed by atoms with Crippen molar-refractivity contribution in [1.29, 1.82) is 0 Å². The predicted molar refractivity (Wildman–Crippen MR) is 60.1 cm³/mol. The molecule has 2 aromatic heterocycles. The van der Waals surface area contributed by atoms with Crippen LogP contribution in [0, 0.1) is 0 Å².